The van der Waals surface area contributed by atoms with Crippen LogP contribution in [-0.4, -0.2) is 35.4 Å². The topological polar surface area (TPSA) is 58.6 Å². The number of nitrogens with one attached hydrogen (secondary N) is 1. The van der Waals surface area contributed by atoms with Gasteiger partial charge in [-0.2, -0.15) is 0 Å². The molecule has 32 heavy (non-hydrogen) atoms. The molecule has 0 saturated carbocycles. The molecule has 2 rings (SSSR count). The van der Waals surface area contributed by atoms with Crippen LogP contribution in [0.3, 0.4) is 0 Å². The zero-order valence-electron chi connectivity index (χ0n) is 19.2. The molecular formula is C25H32BrClN2O3. The van der Waals surface area contributed by atoms with E-state index in [9.17, 15) is 9.59 Å². The zero-order chi connectivity index (χ0) is 23.7. The lowest BCUT2D eigenvalue weighted by Gasteiger charge is -2.31. The van der Waals surface area contributed by atoms with Crippen molar-refractivity contribution in [3.8, 4) is 5.75 Å². The highest BCUT2D eigenvalue weighted by Crippen LogP contribution is 2.26. The summed E-state index contributed by atoms with van der Waals surface area (Å²) in [5, 5.41) is 3.63. The Labute approximate surface area is 204 Å². The smallest absolute Gasteiger partial charge is 0.261 e. The summed E-state index contributed by atoms with van der Waals surface area (Å²) in [6.07, 6.45) is 2.23. The highest BCUT2D eigenvalue weighted by Gasteiger charge is 2.29. The second-order valence-electron chi connectivity index (χ2n) is 7.80. The molecule has 0 aliphatic rings. The van der Waals surface area contributed by atoms with Crippen molar-refractivity contribution in [3.63, 3.8) is 0 Å². The third-order valence-electron chi connectivity index (χ3n) is 5.41. The maximum atomic E-state index is 13.3. The van der Waals surface area contributed by atoms with Crippen molar-refractivity contribution in [2.75, 3.05) is 6.61 Å². The first-order chi connectivity index (χ1) is 15.3. The van der Waals surface area contributed by atoms with Crippen LogP contribution in [0.4, 0.5) is 0 Å². The second kappa shape index (κ2) is 12.9. The number of hydrogen-bond acceptors (Lipinski definition) is 3. The normalized spacial score (nSPS) is 12.7. The van der Waals surface area contributed by atoms with Crippen LogP contribution < -0.4 is 10.1 Å². The molecule has 0 aromatic heterocycles. The van der Waals surface area contributed by atoms with E-state index in [2.05, 4.69) is 28.2 Å². The molecule has 0 saturated heterocycles. The fourth-order valence-corrected chi connectivity index (χ4v) is 3.92. The van der Waals surface area contributed by atoms with Crippen molar-refractivity contribution in [3.05, 3.63) is 63.1 Å². The summed E-state index contributed by atoms with van der Waals surface area (Å²) in [4.78, 5) is 27.8. The van der Waals surface area contributed by atoms with E-state index >= 15 is 0 Å². The van der Waals surface area contributed by atoms with E-state index < -0.39 is 6.04 Å². The lowest BCUT2D eigenvalue weighted by Crippen LogP contribution is -2.51. The number of amides is 2. The van der Waals surface area contributed by atoms with Gasteiger partial charge in [0.05, 0.1) is 4.47 Å². The average molecular weight is 524 g/mol. The first-order valence-electron chi connectivity index (χ1n) is 11.0. The standard InChI is InChI=1S/C25H32BrClN2O3/c1-5-17(4)28-25(31)22(7-3)29(15-19-8-11-20(27)12-9-19)24(30)16-32-23-13-10-18(6-2)14-21(23)26/h8-14,17,22H,5-7,15-16H2,1-4H3,(H,28,31)/t17-,22-/m1/s1. The first-order valence-corrected chi connectivity index (χ1v) is 12.2. The van der Waals surface area contributed by atoms with Crippen LogP contribution in [0.2, 0.25) is 5.02 Å². The number of aryl methyl sites for hydroxylation is 1. The molecule has 0 fully saturated rings. The van der Waals surface area contributed by atoms with Gasteiger partial charge in [-0.1, -0.05) is 50.6 Å². The summed E-state index contributed by atoms with van der Waals surface area (Å²) in [5.74, 6) is 0.189. The highest BCUT2D eigenvalue weighted by atomic mass is 79.9. The number of carbonyl (C=O) groups is 2. The van der Waals surface area contributed by atoms with Crippen molar-refractivity contribution in [1.29, 1.82) is 0 Å². The number of ether oxygens (including phenoxy) is 1. The summed E-state index contributed by atoms with van der Waals surface area (Å²) >= 11 is 9.52. The summed E-state index contributed by atoms with van der Waals surface area (Å²) in [7, 11) is 0. The van der Waals surface area contributed by atoms with Crippen LogP contribution in [0.5, 0.6) is 5.75 Å². The number of nitrogens with zero attached hydrogens (tertiary/aromatic N) is 1. The van der Waals surface area contributed by atoms with Gasteiger partial charge < -0.3 is 15.0 Å². The molecule has 0 radical (unpaired) electrons. The Kier molecular flexibility index (Phi) is 10.5. The van der Waals surface area contributed by atoms with Crippen molar-refractivity contribution < 1.29 is 14.3 Å². The molecule has 0 unspecified atom stereocenters. The van der Waals surface area contributed by atoms with Crippen molar-refractivity contribution in [2.45, 2.75) is 65.6 Å². The molecule has 0 spiro atoms. The fourth-order valence-electron chi connectivity index (χ4n) is 3.25. The molecule has 2 aromatic rings. The number of halogens is 2. The fraction of sp³-hybridized carbons (Fsp3) is 0.440. The van der Waals surface area contributed by atoms with Gasteiger partial charge in [0.15, 0.2) is 6.61 Å². The summed E-state index contributed by atoms with van der Waals surface area (Å²) in [6, 6.07) is 12.5. The van der Waals surface area contributed by atoms with E-state index in [1.165, 1.54) is 5.56 Å². The first kappa shape index (κ1) is 26.2. The SMILES string of the molecule is CCc1ccc(OCC(=O)N(Cc2ccc(Cl)cc2)[C@H](CC)C(=O)N[C@H](C)CC)c(Br)c1. The molecule has 7 heteroatoms. The van der Waals surface area contributed by atoms with Gasteiger partial charge in [0.25, 0.3) is 5.91 Å². The van der Waals surface area contributed by atoms with Crippen LogP contribution in [0.1, 0.15) is 51.7 Å². The summed E-state index contributed by atoms with van der Waals surface area (Å²) in [6.45, 7) is 8.08. The van der Waals surface area contributed by atoms with Gasteiger partial charge in [-0.3, -0.25) is 9.59 Å². The van der Waals surface area contributed by atoms with E-state index in [4.69, 9.17) is 16.3 Å². The Hall–Kier alpha value is -2.05. The van der Waals surface area contributed by atoms with E-state index in [1.54, 1.807) is 17.0 Å². The second-order valence-corrected chi connectivity index (χ2v) is 9.09. The molecule has 2 amide bonds. The van der Waals surface area contributed by atoms with Crippen LogP contribution in [-0.2, 0) is 22.6 Å². The van der Waals surface area contributed by atoms with Gasteiger partial charge in [0, 0.05) is 17.6 Å². The molecule has 174 valence electrons. The van der Waals surface area contributed by atoms with E-state index in [1.807, 2.05) is 51.1 Å². The Morgan fingerprint density at radius 1 is 1.06 bits per heavy atom. The third kappa shape index (κ3) is 7.52. The number of rotatable bonds is 11. The lowest BCUT2D eigenvalue weighted by atomic mass is 10.1. The summed E-state index contributed by atoms with van der Waals surface area (Å²) in [5.41, 5.74) is 2.07. The highest BCUT2D eigenvalue weighted by molar-refractivity contribution is 9.10. The molecule has 1 N–H and O–H groups in total. The van der Waals surface area contributed by atoms with E-state index in [-0.39, 0.29) is 24.5 Å². The molecule has 0 bridgehead atoms. The lowest BCUT2D eigenvalue weighted by molar-refractivity contribution is -0.143. The monoisotopic (exact) mass is 522 g/mol. The molecule has 2 atom stereocenters. The van der Waals surface area contributed by atoms with Crippen LogP contribution in [0.25, 0.3) is 0 Å². The predicted molar refractivity (Wildman–Crippen MR) is 133 cm³/mol. The van der Waals surface area contributed by atoms with Gasteiger partial charge in [-0.15, -0.1) is 0 Å². The molecule has 0 aliphatic heterocycles. The summed E-state index contributed by atoms with van der Waals surface area (Å²) < 4.78 is 6.62. The average Bonchev–Trinajstić information content (AvgIpc) is 2.78. The van der Waals surface area contributed by atoms with E-state index in [0.717, 1.165) is 22.9 Å². The number of hydrogen-bond donors (Lipinski definition) is 1. The van der Waals surface area contributed by atoms with Crippen LogP contribution in [0.15, 0.2) is 46.9 Å². The van der Waals surface area contributed by atoms with Gasteiger partial charge >= 0.3 is 0 Å². The Morgan fingerprint density at radius 2 is 1.72 bits per heavy atom. The molecular weight excluding hydrogens is 492 g/mol. The predicted octanol–water partition coefficient (Wildman–Crippen LogP) is 5.77. The molecule has 2 aromatic carbocycles. The minimum atomic E-state index is -0.596. The zero-order valence-corrected chi connectivity index (χ0v) is 21.5. The van der Waals surface area contributed by atoms with Crippen LogP contribution >= 0.6 is 27.5 Å². The molecule has 5 nitrogen and oxygen atoms in total. The Morgan fingerprint density at radius 3 is 2.28 bits per heavy atom. The Bertz CT molecular complexity index is 905. The van der Waals surface area contributed by atoms with Gasteiger partial charge in [-0.25, -0.2) is 0 Å². The van der Waals surface area contributed by atoms with Crippen molar-refractivity contribution >= 4 is 39.3 Å². The maximum absolute atomic E-state index is 13.3. The molecule has 0 heterocycles. The van der Waals surface area contributed by atoms with Gasteiger partial charge in [0.1, 0.15) is 11.8 Å². The minimum absolute atomic E-state index is 0.0355. The van der Waals surface area contributed by atoms with Crippen molar-refractivity contribution in [1.82, 2.24) is 10.2 Å². The van der Waals surface area contributed by atoms with Crippen LogP contribution in [0, 0.1) is 0 Å². The van der Waals surface area contributed by atoms with E-state index in [0.29, 0.717) is 23.7 Å². The van der Waals surface area contributed by atoms with Gasteiger partial charge in [0.2, 0.25) is 5.91 Å². The van der Waals surface area contributed by atoms with Crippen molar-refractivity contribution in [2.24, 2.45) is 0 Å². The molecule has 0 aliphatic carbocycles. The number of carbonyl (C=O) groups excluding carboxylic acids is 2. The van der Waals surface area contributed by atoms with Gasteiger partial charge in [-0.05, 0) is 77.5 Å². The number of benzene rings is 2. The third-order valence-corrected chi connectivity index (χ3v) is 6.28. The maximum Gasteiger partial charge on any atom is 0.261 e. The largest absolute Gasteiger partial charge is 0.483 e. The quantitative estimate of drug-likeness (QED) is 0.407. The Balaban J connectivity index is 2.22. The minimum Gasteiger partial charge on any atom is -0.483 e.